The number of rotatable bonds is 8. The van der Waals surface area contributed by atoms with Crippen LogP contribution in [0.2, 0.25) is 0 Å². The molecule has 2 aromatic heterocycles. The third-order valence-corrected chi connectivity index (χ3v) is 3.72. The fraction of sp³-hybridized carbons (Fsp3) is 0.500. The predicted octanol–water partition coefficient (Wildman–Crippen LogP) is 2.67. The van der Waals surface area contributed by atoms with E-state index in [-0.39, 0.29) is 24.0 Å². The second-order valence-corrected chi connectivity index (χ2v) is 5.79. The van der Waals surface area contributed by atoms with E-state index in [1.54, 1.807) is 13.2 Å². The van der Waals surface area contributed by atoms with Gasteiger partial charge in [0.1, 0.15) is 0 Å². The first kappa shape index (κ1) is 22.2. The van der Waals surface area contributed by atoms with Crippen molar-refractivity contribution in [1.82, 2.24) is 25.4 Å². The second kappa shape index (κ2) is 11.7. The van der Waals surface area contributed by atoms with E-state index in [1.165, 1.54) is 5.69 Å². The van der Waals surface area contributed by atoms with Crippen molar-refractivity contribution in [3.63, 3.8) is 0 Å². The minimum Gasteiger partial charge on any atom is -0.478 e. The minimum absolute atomic E-state index is 0. The number of nitrogens with zero attached hydrogens (tertiary/aromatic N) is 4. The summed E-state index contributed by atoms with van der Waals surface area (Å²) < 4.78 is 7.46. The number of halogens is 1. The van der Waals surface area contributed by atoms with Crippen LogP contribution in [-0.2, 0) is 13.1 Å². The molecule has 0 radical (unpaired) electrons. The van der Waals surface area contributed by atoms with Gasteiger partial charge in [0.15, 0.2) is 5.96 Å². The molecule has 0 fully saturated rings. The molecule has 0 amide bonds. The lowest BCUT2D eigenvalue weighted by atomic mass is 10.2. The van der Waals surface area contributed by atoms with Crippen LogP contribution >= 0.6 is 24.0 Å². The quantitative estimate of drug-likeness (QED) is 0.268. The zero-order chi connectivity index (χ0) is 18.1. The number of aliphatic imine (C=N–C) groups is 1. The summed E-state index contributed by atoms with van der Waals surface area (Å²) in [7, 11) is 1.77. The maximum Gasteiger partial charge on any atom is 0.213 e. The van der Waals surface area contributed by atoms with Crippen LogP contribution in [0.1, 0.15) is 30.3 Å². The van der Waals surface area contributed by atoms with E-state index in [4.69, 9.17) is 4.74 Å². The van der Waals surface area contributed by atoms with Gasteiger partial charge in [0, 0.05) is 44.6 Å². The van der Waals surface area contributed by atoms with E-state index in [0.717, 1.165) is 36.7 Å². The molecule has 7 nitrogen and oxygen atoms in total. The third-order valence-electron chi connectivity index (χ3n) is 3.72. The van der Waals surface area contributed by atoms with Crippen LogP contribution in [0.5, 0.6) is 5.88 Å². The SMILES string of the molecule is CCOc1cc(CNC(=NC)NCCCn2nc(C)cc2C)ccn1.I. The van der Waals surface area contributed by atoms with Gasteiger partial charge in [-0.05, 0) is 44.9 Å². The molecule has 2 N–H and O–H groups in total. The fourth-order valence-electron chi connectivity index (χ4n) is 2.53. The molecule has 144 valence electrons. The van der Waals surface area contributed by atoms with E-state index in [0.29, 0.717) is 19.0 Å². The van der Waals surface area contributed by atoms with Gasteiger partial charge in [-0.25, -0.2) is 4.98 Å². The van der Waals surface area contributed by atoms with Crippen molar-refractivity contribution in [1.29, 1.82) is 0 Å². The van der Waals surface area contributed by atoms with Crippen LogP contribution in [0.4, 0.5) is 0 Å². The molecule has 0 bridgehead atoms. The highest BCUT2D eigenvalue weighted by Crippen LogP contribution is 2.08. The average Bonchev–Trinajstić information content (AvgIpc) is 2.92. The molecule has 0 atom stereocenters. The lowest BCUT2D eigenvalue weighted by Crippen LogP contribution is -2.37. The minimum atomic E-state index is 0. The summed E-state index contributed by atoms with van der Waals surface area (Å²) in [5.41, 5.74) is 3.36. The van der Waals surface area contributed by atoms with Gasteiger partial charge in [0.2, 0.25) is 5.88 Å². The second-order valence-electron chi connectivity index (χ2n) is 5.79. The summed E-state index contributed by atoms with van der Waals surface area (Å²) in [6.45, 7) is 9.06. The number of aromatic nitrogens is 3. The Labute approximate surface area is 172 Å². The van der Waals surface area contributed by atoms with E-state index in [2.05, 4.69) is 38.7 Å². The maximum atomic E-state index is 5.42. The smallest absolute Gasteiger partial charge is 0.213 e. The maximum absolute atomic E-state index is 5.42. The number of aryl methyl sites for hydroxylation is 3. The van der Waals surface area contributed by atoms with Crippen molar-refractivity contribution in [2.24, 2.45) is 4.99 Å². The molecule has 2 aromatic rings. The largest absolute Gasteiger partial charge is 0.478 e. The molecule has 2 rings (SSSR count). The molecule has 0 aliphatic carbocycles. The first-order valence-electron chi connectivity index (χ1n) is 8.65. The van der Waals surface area contributed by atoms with Crippen LogP contribution in [0.25, 0.3) is 0 Å². The third kappa shape index (κ3) is 7.19. The number of nitrogens with one attached hydrogen (secondary N) is 2. The molecular formula is C18H29IN6O. The Hall–Kier alpha value is -1.84. The highest BCUT2D eigenvalue weighted by atomic mass is 127. The Balaban J connectivity index is 0.00000338. The van der Waals surface area contributed by atoms with Crippen molar-refractivity contribution in [3.8, 4) is 5.88 Å². The monoisotopic (exact) mass is 472 g/mol. The van der Waals surface area contributed by atoms with Gasteiger partial charge in [0.05, 0.1) is 12.3 Å². The van der Waals surface area contributed by atoms with Gasteiger partial charge < -0.3 is 15.4 Å². The van der Waals surface area contributed by atoms with Crippen molar-refractivity contribution in [2.75, 3.05) is 20.2 Å². The van der Waals surface area contributed by atoms with Gasteiger partial charge in [-0.1, -0.05) is 0 Å². The molecule has 0 aliphatic rings. The lowest BCUT2D eigenvalue weighted by Gasteiger charge is -2.12. The Kier molecular flexibility index (Phi) is 10.0. The van der Waals surface area contributed by atoms with Crippen molar-refractivity contribution < 1.29 is 4.74 Å². The summed E-state index contributed by atoms with van der Waals surface area (Å²) in [5, 5.41) is 11.1. The molecule has 0 saturated carbocycles. The zero-order valence-electron chi connectivity index (χ0n) is 16.0. The van der Waals surface area contributed by atoms with Gasteiger partial charge in [0.25, 0.3) is 0 Å². The van der Waals surface area contributed by atoms with Crippen molar-refractivity contribution in [3.05, 3.63) is 41.3 Å². The van der Waals surface area contributed by atoms with Crippen LogP contribution < -0.4 is 15.4 Å². The summed E-state index contributed by atoms with van der Waals surface area (Å²) in [6, 6.07) is 6.00. The summed E-state index contributed by atoms with van der Waals surface area (Å²) in [5.74, 6) is 1.43. The van der Waals surface area contributed by atoms with E-state index >= 15 is 0 Å². The molecular weight excluding hydrogens is 443 g/mol. The molecule has 2 heterocycles. The summed E-state index contributed by atoms with van der Waals surface area (Å²) >= 11 is 0. The number of ether oxygens (including phenoxy) is 1. The molecule has 0 aromatic carbocycles. The molecule has 0 saturated heterocycles. The number of pyridine rings is 1. The normalized spacial score (nSPS) is 11.0. The van der Waals surface area contributed by atoms with E-state index < -0.39 is 0 Å². The number of guanidine groups is 1. The highest BCUT2D eigenvalue weighted by Gasteiger charge is 2.02. The average molecular weight is 472 g/mol. The fourth-order valence-corrected chi connectivity index (χ4v) is 2.53. The lowest BCUT2D eigenvalue weighted by molar-refractivity contribution is 0.326. The standard InChI is InChI=1S/C18H28N6O.HI/c1-5-25-17-12-16(7-9-20-17)13-22-18(19-4)21-8-6-10-24-15(3)11-14(2)23-24;/h7,9,11-12H,5-6,8,10,13H2,1-4H3,(H2,19,21,22);1H. The summed E-state index contributed by atoms with van der Waals surface area (Å²) in [4.78, 5) is 8.42. The predicted molar refractivity (Wildman–Crippen MR) is 115 cm³/mol. The number of hydrogen-bond acceptors (Lipinski definition) is 4. The topological polar surface area (TPSA) is 76.4 Å². The van der Waals surface area contributed by atoms with Crippen LogP contribution in [0.3, 0.4) is 0 Å². The molecule has 0 spiro atoms. The van der Waals surface area contributed by atoms with Crippen molar-refractivity contribution in [2.45, 2.75) is 40.3 Å². The molecule has 0 aliphatic heterocycles. The first-order chi connectivity index (χ1) is 12.1. The van der Waals surface area contributed by atoms with E-state index in [1.807, 2.05) is 30.7 Å². The molecule has 8 heteroatoms. The Morgan fingerprint density at radius 3 is 2.73 bits per heavy atom. The summed E-state index contributed by atoms with van der Waals surface area (Å²) in [6.07, 6.45) is 2.74. The van der Waals surface area contributed by atoms with Gasteiger partial charge in [-0.3, -0.25) is 9.67 Å². The van der Waals surface area contributed by atoms with Crippen molar-refractivity contribution >= 4 is 29.9 Å². The zero-order valence-corrected chi connectivity index (χ0v) is 18.3. The Morgan fingerprint density at radius 1 is 1.27 bits per heavy atom. The van der Waals surface area contributed by atoms with Crippen LogP contribution in [0.15, 0.2) is 29.4 Å². The van der Waals surface area contributed by atoms with Gasteiger partial charge >= 0.3 is 0 Å². The Morgan fingerprint density at radius 2 is 2.08 bits per heavy atom. The molecule has 0 unspecified atom stereocenters. The Bertz CT molecular complexity index is 701. The highest BCUT2D eigenvalue weighted by molar-refractivity contribution is 14.0. The van der Waals surface area contributed by atoms with Crippen LogP contribution in [-0.4, -0.2) is 40.9 Å². The number of hydrogen-bond donors (Lipinski definition) is 2. The molecule has 26 heavy (non-hydrogen) atoms. The first-order valence-corrected chi connectivity index (χ1v) is 8.65. The van der Waals surface area contributed by atoms with E-state index in [9.17, 15) is 0 Å². The van der Waals surface area contributed by atoms with Crippen LogP contribution in [0, 0.1) is 13.8 Å². The van der Waals surface area contributed by atoms with Gasteiger partial charge in [-0.2, -0.15) is 5.10 Å². The van der Waals surface area contributed by atoms with Gasteiger partial charge in [-0.15, -0.1) is 24.0 Å².